The summed E-state index contributed by atoms with van der Waals surface area (Å²) in [5, 5.41) is 0. The van der Waals surface area contributed by atoms with Gasteiger partial charge in [-0.05, 0) is 42.5 Å². The Morgan fingerprint density at radius 1 is 1.15 bits per heavy atom. The molecule has 142 valence electrons. The van der Waals surface area contributed by atoms with Crippen LogP contribution in [0.5, 0.6) is 5.75 Å². The lowest BCUT2D eigenvalue weighted by molar-refractivity contribution is -0.139. The molecule has 0 unspecified atom stereocenters. The number of carbonyl (C=O) groups is 1. The molecule has 1 amide bonds. The monoisotopic (exact) mass is 360 g/mol. The van der Waals surface area contributed by atoms with Crippen molar-refractivity contribution >= 4 is 5.91 Å². The van der Waals surface area contributed by atoms with E-state index >= 15 is 0 Å². The van der Waals surface area contributed by atoms with Gasteiger partial charge < -0.3 is 19.1 Å². The highest BCUT2D eigenvalue weighted by molar-refractivity contribution is 5.78. The number of piperidine rings is 1. The van der Waals surface area contributed by atoms with Crippen molar-refractivity contribution in [2.75, 3.05) is 59.7 Å². The SMILES string of the molecule is COc1ccc2c(c1)CCOC21CCN(CC(=O)N2CCOCC2)CC1. The largest absolute Gasteiger partial charge is 0.497 e. The number of nitrogens with zero attached hydrogens (tertiary/aromatic N) is 2. The van der Waals surface area contributed by atoms with Crippen LogP contribution in [0.2, 0.25) is 0 Å². The predicted molar refractivity (Wildman–Crippen MR) is 97.4 cm³/mol. The van der Waals surface area contributed by atoms with E-state index in [1.54, 1.807) is 7.11 Å². The Kier molecular flexibility index (Phi) is 5.16. The van der Waals surface area contributed by atoms with Gasteiger partial charge >= 0.3 is 0 Å². The highest BCUT2D eigenvalue weighted by atomic mass is 16.5. The zero-order chi connectivity index (χ0) is 18.0. The van der Waals surface area contributed by atoms with E-state index < -0.39 is 0 Å². The summed E-state index contributed by atoms with van der Waals surface area (Å²) in [6, 6.07) is 6.35. The average molecular weight is 360 g/mol. The molecule has 0 bridgehead atoms. The molecule has 6 nitrogen and oxygen atoms in total. The van der Waals surface area contributed by atoms with Crippen molar-refractivity contribution in [3.8, 4) is 5.75 Å². The van der Waals surface area contributed by atoms with Crippen molar-refractivity contribution in [1.29, 1.82) is 0 Å². The zero-order valence-corrected chi connectivity index (χ0v) is 15.5. The lowest BCUT2D eigenvalue weighted by Crippen LogP contribution is -2.50. The first-order chi connectivity index (χ1) is 12.7. The summed E-state index contributed by atoms with van der Waals surface area (Å²) in [4.78, 5) is 16.7. The number of amides is 1. The van der Waals surface area contributed by atoms with Crippen LogP contribution in [0.4, 0.5) is 0 Å². The first kappa shape index (κ1) is 17.8. The van der Waals surface area contributed by atoms with Crippen LogP contribution in [0.25, 0.3) is 0 Å². The number of carbonyl (C=O) groups excluding carboxylic acids is 1. The van der Waals surface area contributed by atoms with Gasteiger partial charge in [-0.25, -0.2) is 0 Å². The molecule has 2 fully saturated rings. The second kappa shape index (κ2) is 7.55. The van der Waals surface area contributed by atoms with E-state index in [2.05, 4.69) is 17.0 Å². The van der Waals surface area contributed by atoms with E-state index in [0.717, 1.165) is 57.8 Å². The Bertz CT molecular complexity index is 649. The molecule has 0 N–H and O–H groups in total. The molecule has 3 aliphatic rings. The van der Waals surface area contributed by atoms with Crippen LogP contribution in [-0.4, -0.2) is 75.4 Å². The number of morpholine rings is 1. The highest BCUT2D eigenvalue weighted by Gasteiger charge is 2.41. The van der Waals surface area contributed by atoms with Gasteiger partial charge in [0.1, 0.15) is 5.75 Å². The van der Waals surface area contributed by atoms with Crippen molar-refractivity contribution in [3.63, 3.8) is 0 Å². The zero-order valence-electron chi connectivity index (χ0n) is 15.5. The van der Waals surface area contributed by atoms with Gasteiger partial charge in [-0.2, -0.15) is 0 Å². The molecular formula is C20H28N2O4. The molecule has 26 heavy (non-hydrogen) atoms. The fourth-order valence-electron chi connectivity index (χ4n) is 4.37. The molecule has 0 atom stereocenters. The molecule has 0 aromatic heterocycles. The van der Waals surface area contributed by atoms with Gasteiger partial charge in [0.25, 0.3) is 0 Å². The number of methoxy groups -OCH3 is 1. The summed E-state index contributed by atoms with van der Waals surface area (Å²) in [7, 11) is 1.71. The van der Waals surface area contributed by atoms with Crippen molar-refractivity contribution in [3.05, 3.63) is 29.3 Å². The standard InChI is InChI=1S/C20H28N2O4/c1-24-17-2-3-18-16(14-17)4-11-26-20(18)5-7-21(8-6-20)15-19(23)22-9-12-25-13-10-22/h2-3,14H,4-13,15H2,1H3. The Balaban J connectivity index is 1.40. The quantitative estimate of drug-likeness (QED) is 0.816. The number of fused-ring (bicyclic) bond motifs is 2. The van der Waals surface area contributed by atoms with E-state index in [1.165, 1.54) is 11.1 Å². The van der Waals surface area contributed by atoms with Crippen LogP contribution < -0.4 is 4.74 Å². The third kappa shape index (κ3) is 3.46. The molecule has 3 heterocycles. The molecule has 1 spiro atoms. The van der Waals surface area contributed by atoms with Crippen molar-refractivity contribution in [2.45, 2.75) is 24.9 Å². The number of rotatable bonds is 3. The average Bonchev–Trinajstić information content (AvgIpc) is 2.70. The van der Waals surface area contributed by atoms with Gasteiger partial charge in [-0.1, -0.05) is 6.07 Å². The first-order valence-electron chi connectivity index (χ1n) is 9.59. The van der Waals surface area contributed by atoms with Crippen molar-refractivity contribution in [1.82, 2.24) is 9.80 Å². The number of hydrogen-bond donors (Lipinski definition) is 0. The third-order valence-electron chi connectivity index (χ3n) is 5.94. The van der Waals surface area contributed by atoms with E-state index in [1.807, 2.05) is 11.0 Å². The van der Waals surface area contributed by atoms with Gasteiger partial charge in [0.2, 0.25) is 5.91 Å². The molecule has 0 radical (unpaired) electrons. The minimum absolute atomic E-state index is 0.196. The second-order valence-corrected chi connectivity index (χ2v) is 7.39. The number of likely N-dealkylation sites (tertiary alicyclic amines) is 1. The fourth-order valence-corrected chi connectivity index (χ4v) is 4.37. The summed E-state index contributed by atoms with van der Waals surface area (Å²) in [6.07, 6.45) is 2.80. The third-order valence-corrected chi connectivity index (χ3v) is 5.94. The summed E-state index contributed by atoms with van der Waals surface area (Å²) < 4.78 is 17.0. The molecule has 3 aliphatic heterocycles. The van der Waals surface area contributed by atoms with Crippen LogP contribution in [-0.2, 0) is 26.3 Å². The van der Waals surface area contributed by atoms with Crippen LogP contribution in [0, 0.1) is 0 Å². The fraction of sp³-hybridized carbons (Fsp3) is 0.650. The Morgan fingerprint density at radius 2 is 1.92 bits per heavy atom. The minimum atomic E-state index is -0.196. The lowest BCUT2D eigenvalue weighted by atomic mass is 9.79. The number of ether oxygens (including phenoxy) is 3. The van der Waals surface area contributed by atoms with E-state index in [4.69, 9.17) is 14.2 Å². The van der Waals surface area contributed by atoms with Crippen LogP contribution >= 0.6 is 0 Å². The van der Waals surface area contributed by atoms with E-state index in [9.17, 15) is 4.79 Å². The Hall–Kier alpha value is -1.63. The summed E-state index contributed by atoms with van der Waals surface area (Å²) >= 11 is 0. The Morgan fingerprint density at radius 3 is 2.65 bits per heavy atom. The molecule has 1 aromatic rings. The summed E-state index contributed by atoms with van der Waals surface area (Å²) in [6.45, 7) is 5.79. The normalized spacial score (nSPS) is 22.9. The molecule has 0 saturated carbocycles. The minimum Gasteiger partial charge on any atom is -0.497 e. The van der Waals surface area contributed by atoms with Crippen molar-refractivity contribution in [2.24, 2.45) is 0 Å². The van der Waals surface area contributed by atoms with E-state index in [-0.39, 0.29) is 11.5 Å². The van der Waals surface area contributed by atoms with Crippen molar-refractivity contribution < 1.29 is 19.0 Å². The smallest absolute Gasteiger partial charge is 0.236 e. The van der Waals surface area contributed by atoms with Gasteiger partial charge in [0.15, 0.2) is 0 Å². The molecule has 1 aromatic carbocycles. The molecule has 6 heteroatoms. The predicted octanol–water partition coefficient (Wildman–Crippen LogP) is 1.42. The van der Waals surface area contributed by atoms with Crippen LogP contribution in [0.1, 0.15) is 24.0 Å². The Labute approximate surface area is 155 Å². The second-order valence-electron chi connectivity index (χ2n) is 7.39. The summed E-state index contributed by atoms with van der Waals surface area (Å²) in [5.74, 6) is 1.13. The lowest BCUT2D eigenvalue weighted by Gasteiger charge is -2.45. The highest BCUT2D eigenvalue weighted by Crippen LogP contribution is 2.42. The van der Waals surface area contributed by atoms with Crippen LogP contribution in [0.3, 0.4) is 0 Å². The van der Waals surface area contributed by atoms with Gasteiger partial charge in [0.05, 0.1) is 39.1 Å². The maximum absolute atomic E-state index is 12.5. The summed E-state index contributed by atoms with van der Waals surface area (Å²) in [5.41, 5.74) is 2.45. The van der Waals surface area contributed by atoms with Gasteiger partial charge in [0, 0.05) is 26.2 Å². The maximum atomic E-state index is 12.5. The molecule has 4 rings (SSSR count). The molecule has 2 saturated heterocycles. The van der Waals surface area contributed by atoms with Gasteiger partial charge in [-0.15, -0.1) is 0 Å². The van der Waals surface area contributed by atoms with Crippen LogP contribution in [0.15, 0.2) is 18.2 Å². The van der Waals surface area contributed by atoms with Gasteiger partial charge in [-0.3, -0.25) is 9.69 Å². The first-order valence-corrected chi connectivity index (χ1v) is 9.59. The maximum Gasteiger partial charge on any atom is 0.236 e. The van der Waals surface area contributed by atoms with E-state index in [0.29, 0.717) is 19.8 Å². The molecular weight excluding hydrogens is 332 g/mol. The number of benzene rings is 1. The number of hydrogen-bond acceptors (Lipinski definition) is 5. The topological polar surface area (TPSA) is 51.2 Å². The molecule has 0 aliphatic carbocycles.